The molecule has 2 aromatic rings. The van der Waals surface area contributed by atoms with Gasteiger partial charge in [0.2, 0.25) is 5.95 Å². The maximum atomic E-state index is 13.0. The minimum absolute atomic E-state index is 0.0560. The van der Waals surface area contributed by atoms with E-state index in [1.807, 2.05) is 18.3 Å². The third-order valence-electron chi connectivity index (χ3n) is 6.00. The van der Waals surface area contributed by atoms with Gasteiger partial charge in [-0.25, -0.2) is 23.9 Å². The van der Waals surface area contributed by atoms with Crippen molar-refractivity contribution in [2.45, 2.75) is 49.8 Å². The van der Waals surface area contributed by atoms with Crippen molar-refractivity contribution < 1.29 is 55.3 Å². The third-order valence-corrected chi connectivity index (χ3v) is 6.00. The Labute approximate surface area is 223 Å². The topological polar surface area (TPSA) is 129 Å². The molecule has 2 aliphatic rings. The monoisotopic (exact) mass is 585 g/mol. The number of carbonyl (C=O) groups is 2. The van der Waals surface area contributed by atoms with Gasteiger partial charge in [-0.05, 0) is 38.4 Å². The van der Waals surface area contributed by atoms with E-state index in [2.05, 4.69) is 37.9 Å². The average molecular weight is 585 g/mol. The standard InChI is InChI=1S/C19H24FN5O.2C2HF3O2/c1-24(13-16-4-2-3-7-21-16)17-10-19(26-14-17)5-8-25(9-6-19)18-22-11-15(20)12-23-18;2*3-2(4,5)1(6)7/h2-4,7,11-12,17H,5-6,8-10,13-14H2,1H3;2*(H,6,7). The van der Waals surface area contributed by atoms with Crippen molar-refractivity contribution in [2.24, 2.45) is 0 Å². The SMILES string of the molecule is CN(Cc1ccccn1)C1COC2(CCN(c3ncc(F)cn3)CC2)C1.O=C(O)C(F)(F)F.O=C(O)C(F)(F)F. The molecule has 1 spiro atoms. The van der Waals surface area contributed by atoms with Gasteiger partial charge in [-0.2, -0.15) is 26.3 Å². The van der Waals surface area contributed by atoms with Crippen LogP contribution in [0.5, 0.6) is 0 Å². The highest BCUT2D eigenvalue weighted by Crippen LogP contribution is 2.38. The van der Waals surface area contributed by atoms with Crippen molar-refractivity contribution in [3.8, 4) is 0 Å². The van der Waals surface area contributed by atoms with E-state index in [9.17, 15) is 30.7 Å². The molecule has 10 nitrogen and oxygen atoms in total. The first-order chi connectivity index (χ1) is 18.5. The summed E-state index contributed by atoms with van der Waals surface area (Å²) >= 11 is 0. The van der Waals surface area contributed by atoms with Gasteiger partial charge in [0.05, 0.1) is 30.3 Å². The lowest BCUT2D eigenvalue weighted by atomic mass is 9.87. The molecule has 2 aliphatic heterocycles. The Bertz CT molecular complexity index is 1070. The second kappa shape index (κ2) is 13.6. The number of aromatic nitrogens is 3. The van der Waals surface area contributed by atoms with E-state index < -0.39 is 30.1 Å². The van der Waals surface area contributed by atoms with E-state index in [0.29, 0.717) is 12.0 Å². The van der Waals surface area contributed by atoms with E-state index >= 15 is 0 Å². The number of hydrogen-bond acceptors (Lipinski definition) is 8. The molecule has 0 aromatic carbocycles. The van der Waals surface area contributed by atoms with Gasteiger partial charge in [0.25, 0.3) is 0 Å². The first-order valence-electron chi connectivity index (χ1n) is 11.6. The number of pyridine rings is 1. The molecule has 0 bridgehead atoms. The Balaban J connectivity index is 0.000000333. The number of piperidine rings is 1. The minimum Gasteiger partial charge on any atom is -0.475 e. The summed E-state index contributed by atoms with van der Waals surface area (Å²) in [4.78, 5) is 34.8. The van der Waals surface area contributed by atoms with E-state index in [1.54, 1.807) is 0 Å². The largest absolute Gasteiger partial charge is 0.490 e. The van der Waals surface area contributed by atoms with Crippen LogP contribution in [0.4, 0.5) is 36.7 Å². The lowest BCUT2D eigenvalue weighted by Crippen LogP contribution is -2.45. The van der Waals surface area contributed by atoms with E-state index in [1.165, 1.54) is 12.4 Å². The van der Waals surface area contributed by atoms with Crippen LogP contribution in [0.1, 0.15) is 25.0 Å². The van der Waals surface area contributed by atoms with Crippen LogP contribution in [0.2, 0.25) is 0 Å². The molecular formula is C23H26F7N5O5. The normalized spacial score (nSPS) is 18.4. The average Bonchev–Trinajstić information content (AvgIpc) is 3.29. The molecule has 222 valence electrons. The molecule has 0 amide bonds. The quantitative estimate of drug-likeness (QED) is 0.514. The number of alkyl halides is 6. The van der Waals surface area contributed by atoms with E-state index in [0.717, 1.165) is 51.2 Å². The van der Waals surface area contributed by atoms with Gasteiger partial charge in [0.15, 0.2) is 5.82 Å². The number of ether oxygens (including phenoxy) is 1. The van der Waals surface area contributed by atoms with Crippen molar-refractivity contribution in [3.05, 3.63) is 48.3 Å². The molecule has 0 radical (unpaired) electrons. The maximum Gasteiger partial charge on any atom is 0.490 e. The zero-order valence-electron chi connectivity index (χ0n) is 21.0. The fourth-order valence-corrected chi connectivity index (χ4v) is 3.91. The number of likely N-dealkylation sites (N-methyl/N-ethyl adjacent to an activating group) is 1. The fourth-order valence-electron chi connectivity index (χ4n) is 3.91. The fraction of sp³-hybridized carbons (Fsp3) is 0.522. The highest BCUT2D eigenvalue weighted by atomic mass is 19.4. The molecule has 2 N–H and O–H groups in total. The Hall–Kier alpha value is -3.60. The molecule has 0 aliphatic carbocycles. The number of anilines is 1. The Kier molecular flexibility index (Phi) is 11.1. The van der Waals surface area contributed by atoms with Gasteiger partial charge in [-0.1, -0.05) is 6.07 Å². The van der Waals surface area contributed by atoms with E-state index in [-0.39, 0.29) is 5.60 Å². The number of rotatable bonds is 4. The number of carboxylic acid groups (broad SMARTS) is 2. The first kappa shape index (κ1) is 32.6. The summed E-state index contributed by atoms with van der Waals surface area (Å²) in [6, 6.07) is 6.43. The van der Waals surface area contributed by atoms with Crippen LogP contribution in [0.3, 0.4) is 0 Å². The maximum absolute atomic E-state index is 13.0. The molecule has 40 heavy (non-hydrogen) atoms. The molecule has 0 saturated carbocycles. The molecule has 2 fully saturated rings. The zero-order valence-corrected chi connectivity index (χ0v) is 21.0. The van der Waals surface area contributed by atoms with Crippen molar-refractivity contribution in [2.75, 3.05) is 31.6 Å². The first-order valence-corrected chi connectivity index (χ1v) is 11.6. The molecular weight excluding hydrogens is 559 g/mol. The van der Waals surface area contributed by atoms with Gasteiger partial charge in [-0.15, -0.1) is 0 Å². The van der Waals surface area contributed by atoms with Crippen LogP contribution in [0.15, 0.2) is 36.8 Å². The lowest BCUT2D eigenvalue weighted by Gasteiger charge is -2.38. The van der Waals surface area contributed by atoms with Crippen LogP contribution in [0, 0.1) is 5.82 Å². The number of hydrogen-bond donors (Lipinski definition) is 2. The summed E-state index contributed by atoms with van der Waals surface area (Å²) in [6.45, 7) is 3.27. The van der Waals surface area contributed by atoms with Gasteiger partial charge >= 0.3 is 24.3 Å². The summed E-state index contributed by atoms with van der Waals surface area (Å²) in [5.74, 6) is -5.32. The highest BCUT2D eigenvalue weighted by Gasteiger charge is 2.44. The molecule has 4 rings (SSSR count). The van der Waals surface area contributed by atoms with Crippen molar-refractivity contribution >= 4 is 17.9 Å². The summed E-state index contributed by atoms with van der Waals surface area (Å²) < 4.78 is 82.7. The van der Waals surface area contributed by atoms with Crippen molar-refractivity contribution in [1.29, 1.82) is 0 Å². The van der Waals surface area contributed by atoms with E-state index in [4.69, 9.17) is 24.5 Å². The van der Waals surface area contributed by atoms with Crippen molar-refractivity contribution in [1.82, 2.24) is 19.9 Å². The van der Waals surface area contributed by atoms with Crippen molar-refractivity contribution in [3.63, 3.8) is 0 Å². The molecule has 17 heteroatoms. The third kappa shape index (κ3) is 10.2. The predicted molar refractivity (Wildman–Crippen MR) is 124 cm³/mol. The Morgan fingerprint density at radius 3 is 2.00 bits per heavy atom. The second-order valence-electron chi connectivity index (χ2n) is 8.88. The molecule has 1 unspecified atom stereocenters. The highest BCUT2D eigenvalue weighted by molar-refractivity contribution is 5.73. The molecule has 1 atom stereocenters. The van der Waals surface area contributed by atoms with Gasteiger partial charge in [0.1, 0.15) is 0 Å². The van der Waals surface area contributed by atoms with Gasteiger partial charge < -0.3 is 19.8 Å². The summed E-state index contributed by atoms with van der Waals surface area (Å²) in [5.41, 5.74) is 1.03. The van der Waals surface area contributed by atoms with Crippen LogP contribution < -0.4 is 4.90 Å². The smallest absolute Gasteiger partial charge is 0.475 e. The van der Waals surface area contributed by atoms with Crippen LogP contribution >= 0.6 is 0 Å². The van der Waals surface area contributed by atoms with Gasteiger partial charge in [0, 0.05) is 31.9 Å². The minimum atomic E-state index is -5.08. The van der Waals surface area contributed by atoms with Crippen LogP contribution in [-0.4, -0.2) is 92.7 Å². The summed E-state index contributed by atoms with van der Waals surface area (Å²) in [6.07, 6.45) is -2.95. The van der Waals surface area contributed by atoms with Gasteiger partial charge in [-0.3, -0.25) is 9.88 Å². The van der Waals surface area contributed by atoms with Crippen LogP contribution in [-0.2, 0) is 20.9 Å². The number of aliphatic carboxylic acids is 2. The molecule has 2 saturated heterocycles. The zero-order chi connectivity index (χ0) is 30.1. The summed E-state index contributed by atoms with van der Waals surface area (Å²) in [5, 5.41) is 14.2. The summed E-state index contributed by atoms with van der Waals surface area (Å²) in [7, 11) is 2.14. The van der Waals surface area contributed by atoms with Crippen LogP contribution in [0.25, 0.3) is 0 Å². The lowest BCUT2D eigenvalue weighted by molar-refractivity contribution is -0.193. The molecule has 4 heterocycles. The Morgan fingerprint density at radius 2 is 1.55 bits per heavy atom. The predicted octanol–water partition coefficient (Wildman–Crippen LogP) is 3.54. The second-order valence-corrected chi connectivity index (χ2v) is 8.88. The molecule has 2 aromatic heterocycles. The number of halogens is 7. The Morgan fingerprint density at radius 1 is 1.02 bits per heavy atom. The number of nitrogens with zero attached hydrogens (tertiary/aromatic N) is 5. The number of carboxylic acids is 2.